The third kappa shape index (κ3) is 5.89. The summed E-state index contributed by atoms with van der Waals surface area (Å²) in [5, 5.41) is 17.4. The van der Waals surface area contributed by atoms with E-state index in [1.807, 2.05) is 0 Å². The maximum absolute atomic E-state index is 12.3. The predicted molar refractivity (Wildman–Crippen MR) is 107 cm³/mol. The highest BCUT2D eigenvalue weighted by atomic mass is 32.2. The van der Waals surface area contributed by atoms with Gasteiger partial charge in [-0.2, -0.15) is 0 Å². The quantitative estimate of drug-likeness (QED) is 0.260. The van der Waals surface area contributed by atoms with Crippen molar-refractivity contribution < 1.29 is 13.2 Å². The number of hydrogen-bond donors (Lipinski definition) is 6. The minimum absolute atomic E-state index is 0.0221. The molecule has 0 aliphatic rings. The first kappa shape index (κ1) is 21.1. The van der Waals surface area contributed by atoms with Crippen molar-refractivity contribution in [2.75, 3.05) is 6.54 Å². The molecule has 148 valence electrons. The first-order chi connectivity index (χ1) is 13.2. The molecule has 28 heavy (non-hydrogen) atoms. The summed E-state index contributed by atoms with van der Waals surface area (Å²) in [7, 11) is -3.81. The van der Waals surface area contributed by atoms with Gasteiger partial charge in [0.2, 0.25) is 15.9 Å². The van der Waals surface area contributed by atoms with Crippen molar-refractivity contribution in [1.82, 2.24) is 10.0 Å². The van der Waals surface area contributed by atoms with E-state index in [-0.39, 0.29) is 42.0 Å². The number of sulfonamides is 1. The SMILES string of the molecule is N=C(N)c1ccc(CNC(=O)CCNS(=O)(=O)c2cccc(C(=N)N)c2)cc1. The molecule has 2 aromatic rings. The lowest BCUT2D eigenvalue weighted by Gasteiger charge is -2.09. The second-order valence-corrected chi connectivity index (χ2v) is 7.74. The van der Waals surface area contributed by atoms with Gasteiger partial charge in [-0.1, -0.05) is 36.4 Å². The van der Waals surface area contributed by atoms with Gasteiger partial charge in [0.15, 0.2) is 0 Å². The molecule has 0 saturated heterocycles. The lowest BCUT2D eigenvalue weighted by molar-refractivity contribution is -0.121. The third-order valence-corrected chi connectivity index (χ3v) is 5.31. The molecule has 0 bridgehead atoms. The van der Waals surface area contributed by atoms with Gasteiger partial charge in [0.05, 0.1) is 4.90 Å². The molecule has 0 aliphatic heterocycles. The summed E-state index contributed by atoms with van der Waals surface area (Å²) < 4.78 is 26.9. The minimum Gasteiger partial charge on any atom is -0.384 e. The molecule has 2 aromatic carbocycles. The van der Waals surface area contributed by atoms with Gasteiger partial charge in [0.1, 0.15) is 11.7 Å². The van der Waals surface area contributed by atoms with Crippen LogP contribution in [0.25, 0.3) is 0 Å². The van der Waals surface area contributed by atoms with Crippen molar-refractivity contribution in [3.8, 4) is 0 Å². The van der Waals surface area contributed by atoms with E-state index in [1.165, 1.54) is 24.3 Å². The Morgan fingerprint density at radius 1 is 0.964 bits per heavy atom. The summed E-state index contributed by atoms with van der Waals surface area (Å²) in [5.41, 5.74) is 12.5. The van der Waals surface area contributed by atoms with Crippen molar-refractivity contribution in [2.24, 2.45) is 11.5 Å². The highest BCUT2D eigenvalue weighted by Crippen LogP contribution is 2.11. The Kier molecular flexibility index (Phi) is 6.85. The number of amidine groups is 2. The highest BCUT2D eigenvalue weighted by molar-refractivity contribution is 7.89. The van der Waals surface area contributed by atoms with E-state index in [2.05, 4.69) is 10.0 Å². The molecule has 0 aromatic heterocycles. The van der Waals surface area contributed by atoms with Crippen LogP contribution in [0.15, 0.2) is 53.4 Å². The average molecular weight is 402 g/mol. The largest absolute Gasteiger partial charge is 0.384 e. The van der Waals surface area contributed by atoms with Crippen molar-refractivity contribution in [2.45, 2.75) is 17.9 Å². The molecule has 1 amide bonds. The molecular formula is C18H22N6O3S. The number of carbonyl (C=O) groups is 1. The van der Waals surface area contributed by atoms with Gasteiger partial charge in [0.25, 0.3) is 0 Å². The summed E-state index contributed by atoms with van der Waals surface area (Å²) in [6, 6.07) is 12.6. The Hall–Kier alpha value is -3.24. The molecular weight excluding hydrogens is 380 g/mol. The highest BCUT2D eigenvalue weighted by Gasteiger charge is 2.15. The number of rotatable bonds is 9. The number of nitrogens with two attached hydrogens (primary N) is 2. The summed E-state index contributed by atoms with van der Waals surface area (Å²) in [6.45, 7) is 0.214. The lowest BCUT2D eigenvalue weighted by Crippen LogP contribution is -2.30. The van der Waals surface area contributed by atoms with Crippen LogP contribution in [0.1, 0.15) is 23.1 Å². The van der Waals surface area contributed by atoms with Crippen LogP contribution < -0.4 is 21.5 Å². The van der Waals surface area contributed by atoms with Crippen LogP contribution in [0.2, 0.25) is 0 Å². The van der Waals surface area contributed by atoms with Crippen LogP contribution in [-0.2, 0) is 21.4 Å². The molecule has 0 atom stereocenters. The van der Waals surface area contributed by atoms with Crippen LogP contribution in [-0.4, -0.2) is 32.5 Å². The second-order valence-electron chi connectivity index (χ2n) is 5.98. The molecule has 0 unspecified atom stereocenters. The Labute approximate surface area is 163 Å². The van der Waals surface area contributed by atoms with Crippen molar-refractivity contribution in [3.05, 3.63) is 65.2 Å². The first-order valence-electron chi connectivity index (χ1n) is 8.33. The molecule has 0 spiro atoms. The molecule has 0 fully saturated rings. The molecule has 8 N–H and O–H groups in total. The van der Waals surface area contributed by atoms with Crippen LogP contribution >= 0.6 is 0 Å². The minimum atomic E-state index is -3.81. The summed E-state index contributed by atoms with van der Waals surface area (Å²) in [6.07, 6.45) is -0.0306. The fraction of sp³-hybridized carbons (Fsp3) is 0.167. The molecule has 0 saturated carbocycles. The lowest BCUT2D eigenvalue weighted by atomic mass is 10.1. The van der Waals surface area contributed by atoms with Gasteiger partial charge in [-0.05, 0) is 17.7 Å². The summed E-state index contributed by atoms with van der Waals surface area (Å²) in [4.78, 5) is 11.9. The monoisotopic (exact) mass is 402 g/mol. The third-order valence-electron chi connectivity index (χ3n) is 3.85. The van der Waals surface area contributed by atoms with E-state index in [4.69, 9.17) is 22.3 Å². The zero-order chi connectivity index (χ0) is 20.7. The molecule has 0 heterocycles. The molecule has 0 aliphatic carbocycles. The van der Waals surface area contributed by atoms with E-state index in [0.717, 1.165) is 5.56 Å². The number of benzene rings is 2. The number of nitrogens with one attached hydrogen (secondary N) is 4. The summed E-state index contributed by atoms with van der Waals surface area (Å²) >= 11 is 0. The number of hydrogen-bond acceptors (Lipinski definition) is 5. The van der Waals surface area contributed by atoms with E-state index in [9.17, 15) is 13.2 Å². The Balaban J connectivity index is 1.83. The van der Waals surface area contributed by atoms with Crippen LogP contribution in [0.3, 0.4) is 0 Å². The van der Waals surface area contributed by atoms with Crippen molar-refractivity contribution in [3.63, 3.8) is 0 Å². The zero-order valence-electron chi connectivity index (χ0n) is 15.0. The maximum atomic E-state index is 12.3. The van der Waals surface area contributed by atoms with E-state index in [0.29, 0.717) is 11.1 Å². The first-order valence-corrected chi connectivity index (χ1v) is 9.81. The summed E-state index contributed by atoms with van der Waals surface area (Å²) in [5.74, 6) is -0.569. The smallest absolute Gasteiger partial charge is 0.240 e. The zero-order valence-corrected chi connectivity index (χ0v) is 15.8. The van der Waals surface area contributed by atoms with Crippen molar-refractivity contribution in [1.29, 1.82) is 10.8 Å². The number of carbonyl (C=O) groups excluding carboxylic acids is 1. The van der Waals surface area contributed by atoms with Gasteiger partial charge in [-0.3, -0.25) is 15.6 Å². The van der Waals surface area contributed by atoms with Crippen LogP contribution in [0.5, 0.6) is 0 Å². The van der Waals surface area contributed by atoms with Gasteiger partial charge in [0, 0.05) is 30.6 Å². The number of amides is 1. The van der Waals surface area contributed by atoms with Crippen LogP contribution in [0, 0.1) is 10.8 Å². The molecule has 9 nitrogen and oxygen atoms in total. The fourth-order valence-corrected chi connectivity index (χ4v) is 3.38. The average Bonchev–Trinajstić information content (AvgIpc) is 2.66. The topological polar surface area (TPSA) is 175 Å². The predicted octanol–water partition coefficient (Wildman–Crippen LogP) is 0.240. The van der Waals surface area contributed by atoms with Crippen LogP contribution in [0.4, 0.5) is 0 Å². The van der Waals surface area contributed by atoms with Gasteiger partial charge >= 0.3 is 0 Å². The van der Waals surface area contributed by atoms with Gasteiger partial charge in [-0.15, -0.1) is 0 Å². The Bertz CT molecular complexity index is 987. The second kappa shape index (κ2) is 9.11. The Morgan fingerprint density at radius 3 is 2.21 bits per heavy atom. The van der Waals surface area contributed by atoms with E-state index < -0.39 is 10.0 Å². The molecule has 0 radical (unpaired) electrons. The van der Waals surface area contributed by atoms with E-state index in [1.54, 1.807) is 24.3 Å². The normalized spacial score (nSPS) is 11.0. The van der Waals surface area contributed by atoms with Gasteiger partial charge < -0.3 is 16.8 Å². The Morgan fingerprint density at radius 2 is 1.61 bits per heavy atom. The van der Waals surface area contributed by atoms with Gasteiger partial charge in [-0.25, -0.2) is 13.1 Å². The maximum Gasteiger partial charge on any atom is 0.240 e. The standard InChI is InChI=1S/C18H22N6O3S/c19-17(20)13-6-4-12(5-7-13)11-23-16(25)8-9-24-28(26,27)15-3-1-2-14(10-15)18(21)22/h1-7,10,24H,8-9,11H2,(H3,19,20)(H3,21,22)(H,23,25). The fourth-order valence-electron chi connectivity index (χ4n) is 2.30. The number of nitrogen functional groups attached to an aromatic ring is 2. The van der Waals surface area contributed by atoms with E-state index >= 15 is 0 Å². The molecule has 2 rings (SSSR count). The molecule has 10 heteroatoms. The van der Waals surface area contributed by atoms with Crippen molar-refractivity contribution >= 4 is 27.6 Å².